The van der Waals surface area contributed by atoms with E-state index in [2.05, 4.69) is 20.8 Å². The Labute approximate surface area is 227 Å². The van der Waals surface area contributed by atoms with Crippen LogP contribution in [0.3, 0.4) is 0 Å². The minimum absolute atomic E-state index is 0.101. The third-order valence-electron chi connectivity index (χ3n) is 6.58. The molecule has 0 bridgehead atoms. The minimum Gasteiger partial charge on any atom is -0.507 e. The lowest BCUT2D eigenvalue weighted by Gasteiger charge is -2.27. The molecule has 1 saturated heterocycles. The minimum atomic E-state index is -0.694. The van der Waals surface area contributed by atoms with Gasteiger partial charge in [-0.05, 0) is 74.8 Å². The van der Waals surface area contributed by atoms with Crippen LogP contribution in [0, 0.1) is 12.8 Å². The van der Waals surface area contributed by atoms with Gasteiger partial charge in [-0.25, -0.2) is 0 Å². The number of benzene rings is 2. The molecule has 2 aromatic rings. The Morgan fingerprint density at radius 1 is 1.03 bits per heavy atom. The van der Waals surface area contributed by atoms with E-state index < -0.39 is 17.7 Å². The number of likely N-dealkylation sites (tertiary alicyclic amines) is 1. The number of nitrogens with zero attached hydrogens (tertiary/aromatic N) is 2. The van der Waals surface area contributed by atoms with Gasteiger partial charge in [0, 0.05) is 18.7 Å². The molecular weight excluding hydrogens is 480 g/mol. The predicted molar refractivity (Wildman–Crippen MR) is 151 cm³/mol. The van der Waals surface area contributed by atoms with Crippen LogP contribution in [0.2, 0.25) is 0 Å². The molecule has 3 rings (SSSR count). The van der Waals surface area contributed by atoms with Gasteiger partial charge < -0.3 is 24.4 Å². The van der Waals surface area contributed by atoms with Crippen LogP contribution < -0.4 is 9.47 Å². The Balaban J connectivity index is 1.99. The molecule has 0 aromatic heterocycles. The van der Waals surface area contributed by atoms with Gasteiger partial charge in [0.1, 0.15) is 17.3 Å². The maximum absolute atomic E-state index is 13.3. The fourth-order valence-corrected chi connectivity index (χ4v) is 4.45. The van der Waals surface area contributed by atoms with E-state index in [0.29, 0.717) is 43.5 Å². The van der Waals surface area contributed by atoms with Crippen molar-refractivity contribution in [2.45, 2.75) is 53.0 Å². The van der Waals surface area contributed by atoms with Crippen LogP contribution in [-0.4, -0.2) is 67.0 Å². The van der Waals surface area contributed by atoms with E-state index in [0.717, 1.165) is 36.1 Å². The second-order valence-corrected chi connectivity index (χ2v) is 10.6. The van der Waals surface area contributed by atoms with E-state index in [4.69, 9.17) is 9.47 Å². The number of carbonyl (C=O) groups is 2. The lowest BCUT2D eigenvalue weighted by atomic mass is 9.94. The summed E-state index contributed by atoms with van der Waals surface area (Å²) in [4.78, 5) is 30.0. The zero-order valence-electron chi connectivity index (χ0n) is 23.6. The van der Waals surface area contributed by atoms with Gasteiger partial charge in [-0.3, -0.25) is 9.59 Å². The number of hydrogen-bond donors (Lipinski definition) is 1. The molecule has 0 saturated carbocycles. The second kappa shape index (κ2) is 13.5. The Morgan fingerprint density at radius 3 is 2.32 bits per heavy atom. The molecule has 1 atom stereocenters. The summed E-state index contributed by atoms with van der Waals surface area (Å²) in [5.41, 5.74) is 2.12. The van der Waals surface area contributed by atoms with Crippen molar-refractivity contribution < 1.29 is 24.2 Å². The average molecular weight is 523 g/mol. The van der Waals surface area contributed by atoms with Gasteiger partial charge in [-0.15, -0.1) is 0 Å². The summed E-state index contributed by atoms with van der Waals surface area (Å²) in [7, 11) is 3.84. The number of carbonyl (C=O) groups excluding carboxylic acids is 2. The fourth-order valence-electron chi connectivity index (χ4n) is 4.45. The first kappa shape index (κ1) is 29.2. The van der Waals surface area contributed by atoms with Gasteiger partial charge in [-0.2, -0.15) is 0 Å². The Kier molecular flexibility index (Phi) is 10.4. The lowest BCUT2D eigenvalue weighted by Crippen LogP contribution is -2.35. The number of ether oxygens (including phenoxy) is 2. The SMILES string of the molecule is CCCCCOc1ccc(C2/C(=C(\O)c3ccc(OCC(C)C)cc3C)C(=O)C(=O)N2CCN(C)C)cc1. The van der Waals surface area contributed by atoms with E-state index in [-0.39, 0.29) is 11.3 Å². The number of unbranched alkanes of at least 4 members (excludes halogenated alkanes) is 2. The van der Waals surface area contributed by atoms with Crippen molar-refractivity contribution in [3.63, 3.8) is 0 Å². The van der Waals surface area contributed by atoms with Crippen molar-refractivity contribution in [1.82, 2.24) is 9.80 Å². The lowest BCUT2D eigenvalue weighted by molar-refractivity contribution is -0.140. The molecule has 7 heteroatoms. The summed E-state index contributed by atoms with van der Waals surface area (Å²) < 4.78 is 11.7. The number of aliphatic hydroxyl groups excluding tert-OH is 1. The van der Waals surface area contributed by atoms with Crippen molar-refractivity contribution in [3.8, 4) is 11.5 Å². The molecule has 1 aliphatic heterocycles. The molecule has 38 heavy (non-hydrogen) atoms. The molecule has 1 unspecified atom stereocenters. The predicted octanol–water partition coefficient (Wildman–Crippen LogP) is 5.58. The van der Waals surface area contributed by atoms with Gasteiger partial charge in [-0.1, -0.05) is 45.7 Å². The monoisotopic (exact) mass is 522 g/mol. The van der Waals surface area contributed by atoms with Crippen LogP contribution in [-0.2, 0) is 9.59 Å². The maximum Gasteiger partial charge on any atom is 0.295 e. The molecule has 1 fully saturated rings. The summed E-state index contributed by atoms with van der Waals surface area (Å²) in [6.07, 6.45) is 3.23. The summed E-state index contributed by atoms with van der Waals surface area (Å²) in [6, 6.07) is 12.2. The second-order valence-electron chi connectivity index (χ2n) is 10.6. The van der Waals surface area contributed by atoms with Gasteiger partial charge in [0.15, 0.2) is 0 Å². The van der Waals surface area contributed by atoms with E-state index in [1.165, 1.54) is 0 Å². The van der Waals surface area contributed by atoms with Crippen molar-refractivity contribution >= 4 is 17.4 Å². The highest BCUT2D eigenvalue weighted by Crippen LogP contribution is 2.40. The summed E-state index contributed by atoms with van der Waals surface area (Å²) >= 11 is 0. The Hall–Kier alpha value is -3.32. The normalized spacial score (nSPS) is 17.1. The maximum atomic E-state index is 13.3. The number of rotatable bonds is 13. The van der Waals surface area contributed by atoms with Crippen LogP contribution >= 0.6 is 0 Å². The number of ketones is 1. The summed E-state index contributed by atoms with van der Waals surface area (Å²) in [5, 5.41) is 11.5. The average Bonchev–Trinajstić information content (AvgIpc) is 3.13. The molecule has 206 valence electrons. The smallest absolute Gasteiger partial charge is 0.295 e. The first-order valence-corrected chi connectivity index (χ1v) is 13.5. The van der Waals surface area contributed by atoms with Crippen LogP contribution in [0.25, 0.3) is 5.76 Å². The van der Waals surface area contributed by atoms with Crippen molar-refractivity contribution in [2.75, 3.05) is 40.4 Å². The molecule has 2 aromatic carbocycles. The van der Waals surface area contributed by atoms with Gasteiger partial charge in [0.2, 0.25) is 0 Å². The van der Waals surface area contributed by atoms with Crippen LogP contribution in [0.1, 0.15) is 62.8 Å². The third kappa shape index (κ3) is 7.16. The number of aliphatic hydroxyl groups is 1. The highest BCUT2D eigenvalue weighted by atomic mass is 16.5. The molecule has 7 nitrogen and oxygen atoms in total. The van der Waals surface area contributed by atoms with Gasteiger partial charge in [0.25, 0.3) is 11.7 Å². The molecule has 1 heterocycles. The molecule has 0 radical (unpaired) electrons. The number of aryl methyl sites for hydroxylation is 1. The number of amides is 1. The van der Waals surface area contributed by atoms with Gasteiger partial charge in [0.05, 0.1) is 24.8 Å². The summed E-state index contributed by atoms with van der Waals surface area (Å²) in [6.45, 7) is 10.3. The largest absolute Gasteiger partial charge is 0.507 e. The fraction of sp³-hybridized carbons (Fsp3) is 0.484. The molecule has 0 spiro atoms. The molecule has 1 N–H and O–H groups in total. The highest BCUT2D eigenvalue weighted by molar-refractivity contribution is 6.46. The number of likely N-dealkylation sites (N-methyl/N-ethyl adjacent to an activating group) is 1. The number of Topliss-reactive ketones (excluding diaryl/α,β-unsaturated/α-hetero) is 1. The zero-order chi connectivity index (χ0) is 27.8. The molecule has 1 aliphatic rings. The van der Waals surface area contributed by atoms with E-state index >= 15 is 0 Å². The van der Waals surface area contributed by atoms with Gasteiger partial charge >= 0.3 is 0 Å². The van der Waals surface area contributed by atoms with Crippen LogP contribution in [0.15, 0.2) is 48.0 Å². The quantitative estimate of drug-likeness (QED) is 0.160. The van der Waals surface area contributed by atoms with Crippen LogP contribution in [0.5, 0.6) is 11.5 Å². The topological polar surface area (TPSA) is 79.3 Å². The first-order chi connectivity index (χ1) is 18.1. The van der Waals surface area contributed by atoms with E-state index in [1.807, 2.05) is 56.3 Å². The molecular formula is C31H42N2O5. The highest BCUT2D eigenvalue weighted by Gasteiger charge is 2.46. The Bertz CT molecular complexity index is 1140. The molecule has 1 amide bonds. The summed E-state index contributed by atoms with van der Waals surface area (Å²) in [5.74, 6) is 0.370. The van der Waals surface area contributed by atoms with Crippen molar-refractivity contribution in [1.29, 1.82) is 0 Å². The van der Waals surface area contributed by atoms with Crippen LogP contribution in [0.4, 0.5) is 0 Å². The van der Waals surface area contributed by atoms with Crippen molar-refractivity contribution in [3.05, 3.63) is 64.7 Å². The molecule has 0 aliphatic carbocycles. The zero-order valence-corrected chi connectivity index (χ0v) is 23.6. The Morgan fingerprint density at radius 2 is 1.71 bits per heavy atom. The number of hydrogen-bond acceptors (Lipinski definition) is 6. The van der Waals surface area contributed by atoms with Crippen molar-refractivity contribution in [2.24, 2.45) is 5.92 Å². The van der Waals surface area contributed by atoms with E-state index in [9.17, 15) is 14.7 Å². The standard InChI is InChI=1S/C31H42N2O5/c1-7-8-9-18-37-24-12-10-23(11-13-24)28-27(30(35)31(36)33(28)17-16-32(5)6)29(34)26-15-14-25(19-22(26)4)38-20-21(2)3/h10-15,19,21,28,34H,7-9,16-18,20H2,1-6H3/b29-27+. The third-order valence-corrected chi connectivity index (χ3v) is 6.58. The first-order valence-electron chi connectivity index (χ1n) is 13.5. The van der Waals surface area contributed by atoms with E-state index in [1.54, 1.807) is 17.0 Å².